The zero-order valence-corrected chi connectivity index (χ0v) is 8.17. The third-order valence-electron chi connectivity index (χ3n) is 2.15. The zero-order chi connectivity index (χ0) is 11.7. The highest BCUT2D eigenvalue weighted by Crippen LogP contribution is 2.20. The van der Waals surface area contributed by atoms with E-state index in [4.69, 9.17) is 5.73 Å². The summed E-state index contributed by atoms with van der Waals surface area (Å²) in [6.07, 6.45) is -0.744. The summed E-state index contributed by atoms with van der Waals surface area (Å²) in [6.45, 7) is -0.152. The topological polar surface area (TPSA) is 89.7 Å². The maximum Gasteiger partial charge on any atom is 0.422 e. The largest absolute Gasteiger partial charge is 0.422 e. The second-order valence-corrected chi connectivity index (χ2v) is 3.24. The Labute approximate surface area is 90.6 Å². The molecule has 16 heavy (non-hydrogen) atoms. The van der Waals surface area contributed by atoms with Crippen LogP contribution >= 0.6 is 0 Å². The van der Waals surface area contributed by atoms with E-state index in [0.29, 0.717) is 5.69 Å². The Bertz CT molecular complexity index is 483. The fourth-order valence-electron chi connectivity index (χ4n) is 1.40. The Hall–Kier alpha value is -2.37. The van der Waals surface area contributed by atoms with Crippen molar-refractivity contribution < 1.29 is 19.1 Å². The number of rotatable bonds is 2. The van der Waals surface area contributed by atoms with Gasteiger partial charge in [-0.05, 0) is 18.2 Å². The molecule has 0 spiro atoms. The molecule has 0 bridgehead atoms. The van der Waals surface area contributed by atoms with Gasteiger partial charge in [-0.15, -0.1) is 0 Å². The van der Waals surface area contributed by atoms with E-state index < -0.39 is 18.0 Å². The van der Waals surface area contributed by atoms with Gasteiger partial charge in [0.15, 0.2) is 0 Å². The lowest BCUT2D eigenvalue weighted by Gasteiger charge is -2.11. The third-order valence-corrected chi connectivity index (χ3v) is 2.15. The average Bonchev–Trinajstić information content (AvgIpc) is 2.58. The van der Waals surface area contributed by atoms with Crippen LogP contribution in [0.15, 0.2) is 24.3 Å². The number of benzene rings is 1. The molecule has 1 aliphatic heterocycles. The number of ether oxygens (including phenoxy) is 1. The normalized spacial score (nSPS) is 15.1. The van der Waals surface area contributed by atoms with E-state index in [1.807, 2.05) is 0 Å². The van der Waals surface area contributed by atoms with Crippen LogP contribution in [0.25, 0.3) is 0 Å². The van der Waals surface area contributed by atoms with Gasteiger partial charge in [-0.3, -0.25) is 9.69 Å². The molecule has 0 saturated carbocycles. The number of amides is 2. The number of hydrogen-bond acceptors (Lipinski definition) is 4. The number of carbonyl (C=O) groups is 3. The fraction of sp³-hybridized carbons (Fsp3) is 0.100. The Morgan fingerprint density at radius 3 is 2.69 bits per heavy atom. The van der Waals surface area contributed by atoms with E-state index in [-0.39, 0.29) is 12.1 Å². The maximum absolute atomic E-state index is 11.2. The van der Waals surface area contributed by atoms with Crippen molar-refractivity contribution in [1.29, 1.82) is 0 Å². The van der Waals surface area contributed by atoms with Crippen molar-refractivity contribution in [2.24, 2.45) is 5.73 Å². The number of nitrogens with zero attached hydrogens (tertiary/aromatic N) is 1. The number of cyclic esters (lactones) is 2. The van der Waals surface area contributed by atoms with Crippen LogP contribution in [0.1, 0.15) is 10.4 Å². The van der Waals surface area contributed by atoms with Crippen molar-refractivity contribution >= 4 is 23.7 Å². The first-order valence-corrected chi connectivity index (χ1v) is 4.50. The molecule has 6 heteroatoms. The molecule has 2 N–H and O–H groups in total. The van der Waals surface area contributed by atoms with E-state index >= 15 is 0 Å². The smallest absolute Gasteiger partial charge is 0.374 e. The molecule has 1 saturated heterocycles. The number of esters is 1. The predicted molar refractivity (Wildman–Crippen MR) is 53.8 cm³/mol. The van der Waals surface area contributed by atoms with Crippen LogP contribution in [0.4, 0.5) is 10.5 Å². The van der Waals surface area contributed by atoms with E-state index in [0.717, 1.165) is 4.90 Å². The van der Waals surface area contributed by atoms with Crippen LogP contribution in [-0.2, 0) is 9.53 Å². The van der Waals surface area contributed by atoms with Gasteiger partial charge < -0.3 is 10.5 Å². The summed E-state index contributed by atoms with van der Waals surface area (Å²) in [5.41, 5.74) is 5.78. The molecule has 1 aliphatic rings. The number of carbonyl (C=O) groups excluding carboxylic acids is 3. The molecular formula is C10H8N2O4. The summed E-state index contributed by atoms with van der Waals surface area (Å²) in [4.78, 5) is 34.2. The van der Waals surface area contributed by atoms with Crippen LogP contribution in [-0.4, -0.2) is 24.5 Å². The van der Waals surface area contributed by atoms with Crippen LogP contribution in [0.3, 0.4) is 0 Å². The Morgan fingerprint density at radius 1 is 1.38 bits per heavy atom. The minimum Gasteiger partial charge on any atom is -0.374 e. The van der Waals surface area contributed by atoms with Crippen molar-refractivity contribution in [3.8, 4) is 0 Å². The van der Waals surface area contributed by atoms with E-state index in [9.17, 15) is 14.4 Å². The van der Waals surface area contributed by atoms with Gasteiger partial charge in [-0.2, -0.15) is 0 Å². The molecule has 6 nitrogen and oxygen atoms in total. The van der Waals surface area contributed by atoms with Crippen molar-refractivity contribution in [3.63, 3.8) is 0 Å². The lowest BCUT2D eigenvalue weighted by atomic mass is 10.2. The second-order valence-electron chi connectivity index (χ2n) is 3.24. The van der Waals surface area contributed by atoms with E-state index in [1.165, 1.54) is 12.1 Å². The summed E-state index contributed by atoms with van der Waals surface area (Å²) in [7, 11) is 0. The molecule has 0 unspecified atom stereocenters. The van der Waals surface area contributed by atoms with Gasteiger partial charge in [-0.1, -0.05) is 6.07 Å². The lowest BCUT2D eigenvalue weighted by Crippen LogP contribution is -2.24. The number of primary amides is 1. The quantitative estimate of drug-likeness (QED) is 0.572. The highest BCUT2D eigenvalue weighted by molar-refractivity contribution is 6.05. The Kier molecular flexibility index (Phi) is 2.32. The minimum atomic E-state index is -0.744. The van der Waals surface area contributed by atoms with Crippen molar-refractivity contribution in [3.05, 3.63) is 29.8 Å². The first kappa shape index (κ1) is 10.2. The van der Waals surface area contributed by atoms with Crippen molar-refractivity contribution in [2.45, 2.75) is 0 Å². The molecule has 0 atom stereocenters. The number of anilines is 1. The van der Waals surface area contributed by atoms with Gasteiger partial charge in [0, 0.05) is 11.3 Å². The average molecular weight is 220 g/mol. The second kappa shape index (κ2) is 3.65. The van der Waals surface area contributed by atoms with Crippen LogP contribution in [0, 0.1) is 0 Å². The van der Waals surface area contributed by atoms with E-state index in [1.54, 1.807) is 12.1 Å². The molecular weight excluding hydrogens is 212 g/mol. The summed E-state index contributed by atoms with van der Waals surface area (Å²) >= 11 is 0. The van der Waals surface area contributed by atoms with E-state index in [2.05, 4.69) is 4.74 Å². The van der Waals surface area contributed by atoms with Crippen molar-refractivity contribution in [1.82, 2.24) is 0 Å². The first-order chi connectivity index (χ1) is 7.58. The monoisotopic (exact) mass is 220 g/mol. The van der Waals surface area contributed by atoms with Crippen LogP contribution in [0.5, 0.6) is 0 Å². The van der Waals surface area contributed by atoms with Gasteiger partial charge in [-0.25, -0.2) is 9.59 Å². The van der Waals surface area contributed by atoms with Gasteiger partial charge in [0.05, 0.1) is 0 Å². The SMILES string of the molecule is NC(=O)c1cccc(N2CC(=O)OC2=O)c1. The first-order valence-electron chi connectivity index (χ1n) is 4.50. The van der Waals surface area contributed by atoms with Gasteiger partial charge in [0.2, 0.25) is 5.91 Å². The molecule has 0 aliphatic carbocycles. The summed E-state index contributed by atoms with van der Waals surface area (Å²) in [5, 5.41) is 0. The molecule has 1 fully saturated rings. The molecule has 82 valence electrons. The minimum absolute atomic E-state index is 0.152. The lowest BCUT2D eigenvalue weighted by molar-refractivity contribution is -0.132. The van der Waals surface area contributed by atoms with Crippen LogP contribution < -0.4 is 10.6 Å². The molecule has 0 aromatic heterocycles. The third kappa shape index (κ3) is 1.72. The van der Waals surface area contributed by atoms with Gasteiger partial charge >= 0.3 is 12.1 Å². The molecule has 2 amide bonds. The predicted octanol–water partition coefficient (Wildman–Crippen LogP) is 0.269. The molecule has 1 heterocycles. The number of hydrogen-bond donors (Lipinski definition) is 1. The number of nitrogens with two attached hydrogens (primary N) is 1. The highest BCUT2D eigenvalue weighted by Gasteiger charge is 2.30. The molecule has 1 aromatic carbocycles. The van der Waals surface area contributed by atoms with Crippen molar-refractivity contribution in [2.75, 3.05) is 11.4 Å². The fourth-order valence-corrected chi connectivity index (χ4v) is 1.40. The highest BCUT2D eigenvalue weighted by atomic mass is 16.6. The van der Waals surface area contributed by atoms with Crippen LogP contribution in [0.2, 0.25) is 0 Å². The Morgan fingerprint density at radius 2 is 2.12 bits per heavy atom. The van der Waals surface area contributed by atoms with Gasteiger partial charge in [0.1, 0.15) is 6.54 Å². The summed E-state index contributed by atoms with van der Waals surface area (Å²) in [6, 6.07) is 6.12. The molecule has 0 radical (unpaired) electrons. The standard InChI is InChI=1S/C10H8N2O4/c11-9(14)6-2-1-3-7(4-6)12-5-8(13)16-10(12)15/h1-4H,5H2,(H2,11,14). The molecule has 1 aromatic rings. The summed E-state index contributed by atoms with van der Waals surface area (Å²) in [5.74, 6) is -1.21. The summed E-state index contributed by atoms with van der Waals surface area (Å²) < 4.78 is 4.36. The zero-order valence-electron chi connectivity index (χ0n) is 8.17. The van der Waals surface area contributed by atoms with Gasteiger partial charge in [0.25, 0.3) is 0 Å². The Balaban J connectivity index is 2.34. The maximum atomic E-state index is 11.2. The molecule has 2 rings (SSSR count).